The van der Waals surface area contributed by atoms with Crippen molar-refractivity contribution in [2.75, 3.05) is 4.90 Å². The SMILES string of the molecule is Cc1ccc(CSc2nnc(N3C(=O)C(O)=C(C(=O)c4cc5ccccc5o4)[C@@H]3c3cccs3)s2)cc1. The van der Waals surface area contributed by atoms with Gasteiger partial charge in [-0.1, -0.05) is 77.2 Å². The number of aliphatic hydroxyl groups is 1. The second-order valence-corrected chi connectivity index (χ2v) is 11.6. The Morgan fingerprint density at radius 3 is 2.68 bits per heavy atom. The Kier molecular flexibility index (Phi) is 6.15. The molecular formula is C27H19N3O4S3. The number of nitrogens with zero attached hydrogens (tertiary/aromatic N) is 3. The number of carbonyl (C=O) groups is 2. The van der Waals surface area contributed by atoms with E-state index >= 15 is 0 Å². The van der Waals surface area contributed by atoms with E-state index in [1.165, 1.54) is 44.9 Å². The van der Waals surface area contributed by atoms with E-state index in [1.807, 2.05) is 42.6 Å². The van der Waals surface area contributed by atoms with Crippen molar-refractivity contribution in [3.8, 4) is 0 Å². The molecule has 1 aliphatic heterocycles. The van der Waals surface area contributed by atoms with Gasteiger partial charge in [-0.25, -0.2) is 0 Å². The van der Waals surface area contributed by atoms with Gasteiger partial charge in [0.15, 0.2) is 15.9 Å². The number of benzene rings is 2. The Morgan fingerprint density at radius 2 is 1.92 bits per heavy atom. The number of rotatable bonds is 7. The third-order valence-electron chi connectivity index (χ3n) is 6.00. The molecule has 0 fully saturated rings. The highest BCUT2D eigenvalue weighted by molar-refractivity contribution is 8.00. The molecule has 2 aromatic carbocycles. The molecule has 1 amide bonds. The lowest BCUT2D eigenvalue weighted by Gasteiger charge is -2.22. The molecule has 0 bridgehead atoms. The van der Waals surface area contributed by atoms with Gasteiger partial charge in [0.05, 0.1) is 5.57 Å². The number of thiophene rings is 1. The van der Waals surface area contributed by atoms with Gasteiger partial charge in [-0.05, 0) is 36.1 Å². The maximum Gasteiger partial charge on any atom is 0.296 e. The Bertz CT molecular complexity index is 1620. The molecule has 1 N–H and O–H groups in total. The minimum Gasteiger partial charge on any atom is -0.503 e. The summed E-state index contributed by atoms with van der Waals surface area (Å²) in [6.45, 7) is 2.04. The summed E-state index contributed by atoms with van der Waals surface area (Å²) in [5.74, 6) is -1.07. The number of aryl methyl sites for hydroxylation is 1. The Labute approximate surface area is 224 Å². The molecule has 7 nitrogen and oxygen atoms in total. The van der Waals surface area contributed by atoms with Gasteiger partial charge in [-0.2, -0.15) is 0 Å². The smallest absolute Gasteiger partial charge is 0.296 e. The molecule has 5 aromatic rings. The number of amides is 1. The summed E-state index contributed by atoms with van der Waals surface area (Å²) >= 11 is 4.16. The molecule has 0 radical (unpaired) electrons. The van der Waals surface area contributed by atoms with Gasteiger partial charge in [-0.15, -0.1) is 21.5 Å². The van der Waals surface area contributed by atoms with Crippen molar-refractivity contribution < 1.29 is 19.1 Å². The van der Waals surface area contributed by atoms with Crippen LogP contribution in [0.15, 0.2) is 92.2 Å². The molecule has 0 aliphatic carbocycles. The molecule has 0 saturated heterocycles. The summed E-state index contributed by atoms with van der Waals surface area (Å²) in [4.78, 5) is 29.0. The number of hydrogen-bond donors (Lipinski definition) is 1. The van der Waals surface area contributed by atoms with Gasteiger partial charge in [0.1, 0.15) is 11.6 Å². The van der Waals surface area contributed by atoms with E-state index in [0.717, 1.165) is 15.8 Å². The van der Waals surface area contributed by atoms with E-state index in [0.29, 0.717) is 20.8 Å². The fourth-order valence-corrected chi connectivity index (χ4v) is 6.81. The molecule has 0 saturated carbocycles. The number of hydrogen-bond acceptors (Lipinski definition) is 9. The van der Waals surface area contributed by atoms with Gasteiger partial charge in [0.2, 0.25) is 10.9 Å². The van der Waals surface area contributed by atoms with E-state index in [2.05, 4.69) is 34.5 Å². The third kappa shape index (κ3) is 4.37. The van der Waals surface area contributed by atoms with Crippen molar-refractivity contribution >= 4 is 62.2 Å². The first kappa shape index (κ1) is 23.7. The van der Waals surface area contributed by atoms with Crippen LogP contribution in [0.2, 0.25) is 0 Å². The number of aliphatic hydroxyl groups excluding tert-OH is 1. The predicted octanol–water partition coefficient (Wildman–Crippen LogP) is 6.73. The van der Waals surface area contributed by atoms with Gasteiger partial charge >= 0.3 is 0 Å². The largest absolute Gasteiger partial charge is 0.503 e. The standard InChI is InChI=1S/C27H19N3O4S3/c1-15-8-10-16(11-9-15)14-36-27-29-28-26(37-27)30-22(20-7-4-12-35-20)21(24(32)25(30)33)23(31)19-13-17-5-2-3-6-18(17)34-19/h2-13,22,32H,14H2,1H3/t22-/m0/s1. The molecule has 1 atom stereocenters. The molecule has 0 unspecified atom stereocenters. The monoisotopic (exact) mass is 545 g/mol. The highest BCUT2D eigenvalue weighted by atomic mass is 32.2. The number of aromatic nitrogens is 2. The van der Waals surface area contributed by atoms with Crippen LogP contribution in [-0.2, 0) is 10.5 Å². The van der Waals surface area contributed by atoms with Gasteiger partial charge in [-0.3, -0.25) is 14.5 Å². The highest BCUT2D eigenvalue weighted by Crippen LogP contribution is 2.45. The van der Waals surface area contributed by atoms with E-state index in [4.69, 9.17) is 4.42 Å². The van der Waals surface area contributed by atoms with Crippen LogP contribution in [0.25, 0.3) is 11.0 Å². The van der Waals surface area contributed by atoms with Crippen molar-refractivity contribution in [3.63, 3.8) is 0 Å². The maximum atomic E-state index is 13.6. The van der Waals surface area contributed by atoms with Crippen LogP contribution in [0.4, 0.5) is 5.13 Å². The second-order valence-electron chi connectivity index (χ2n) is 8.46. The normalized spacial score (nSPS) is 15.8. The number of fused-ring (bicyclic) bond motifs is 1. The van der Waals surface area contributed by atoms with Crippen LogP contribution in [0.3, 0.4) is 0 Å². The first-order valence-electron chi connectivity index (χ1n) is 11.3. The Morgan fingerprint density at radius 1 is 1.11 bits per heavy atom. The summed E-state index contributed by atoms with van der Waals surface area (Å²) in [5.41, 5.74) is 2.87. The topological polar surface area (TPSA) is 96.5 Å². The minimum atomic E-state index is -0.837. The first-order valence-corrected chi connectivity index (χ1v) is 14.0. The second kappa shape index (κ2) is 9.62. The zero-order chi connectivity index (χ0) is 25.5. The molecule has 4 heterocycles. The van der Waals surface area contributed by atoms with Crippen LogP contribution >= 0.6 is 34.4 Å². The maximum absolute atomic E-state index is 13.6. The number of carbonyl (C=O) groups excluding carboxylic acids is 2. The predicted molar refractivity (Wildman–Crippen MR) is 145 cm³/mol. The lowest BCUT2D eigenvalue weighted by atomic mass is 10.0. The lowest BCUT2D eigenvalue weighted by Crippen LogP contribution is -2.30. The van der Waals surface area contributed by atoms with Crippen molar-refractivity contribution in [3.05, 3.63) is 105 Å². The van der Waals surface area contributed by atoms with Gasteiger partial charge in [0.25, 0.3) is 5.91 Å². The van der Waals surface area contributed by atoms with Crippen molar-refractivity contribution in [2.45, 2.75) is 23.1 Å². The van der Waals surface area contributed by atoms with Crippen LogP contribution in [-0.4, -0.2) is 27.0 Å². The van der Waals surface area contributed by atoms with Crippen molar-refractivity contribution in [1.29, 1.82) is 0 Å². The summed E-state index contributed by atoms with van der Waals surface area (Å²) < 4.78 is 6.45. The number of anilines is 1. The first-order chi connectivity index (χ1) is 18.0. The van der Waals surface area contributed by atoms with E-state index in [9.17, 15) is 14.7 Å². The molecule has 3 aromatic heterocycles. The Hall–Kier alpha value is -3.73. The molecule has 6 rings (SSSR count). The summed E-state index contributed by atoms with van der Waals surface area (Å²) in [5, 5.41) is 22.4. The molecule has 10 heteroatoms. The van der Waals surface area contributed by atoms with Gasteiger partial charge in [0, 0.05) is 16.0 Å². The van der Waals surface area contributed by atoms with Crippen LogP contribution < -0.4 is 4.90 Å². The molecule has 184 valence electrons. The molecule has 1 aliphatic rings. The number of Topliss-reactive ketones (excluding diaryl/α,β-unsaturated/α-hetero) is 1. The van der Waals surface area contributed by atoms with Crippen LogP contribution in [0.1, 0.15) is 32.6 Å². The minimum absolute atomic E-state index is 0.0319. The highest BCUT2D eigenvalue weighted by Gasteiger charge is 2.47. The Balaban J connectivity index is 1.32. The molecular weight excluding hydrogens is 527 g/mol. The average molecular weight is 546 g/mol. The number of thioether (sulfide) groups is 1. The van der Waals surface area contributed by atoms with Crippen LogP contribution in [0.5, 0.6) is 0 Å². The number of para-hydroxylation sites is 1. The number of ketones is 1. The zero-order valence-electron chi connectivity index (χ0n) is 19.5. The zero-order valence-corrected chi connectivity index (χ0v) is 21.9. The summed E-state index contributed by atoms with van der Waals surface area (Å²) in [7, 11) is 0. The van der Waals surface area contributed by atoms with E-state index < -0.39 is 23.5 Å². The average Bonchev–Trinajstić information content (AvgIpc) is 3.70. The summed E-state index contributed by atoms with van der Waals surface area (Å²) in [6.07, 6.45) is 0. The molecule has 37 heavy (non-hydrogen) atoms. The fraction of sp³-hybridized carbons (Fsp3) is 0.111. The quantitative estimate of drug-likeness (QED) is 0.138. The fourth-order valence-electron chi connectivity index (χ4n) is 4.16. The summed E-state index contributed by atoms with van der Waals surface area (Å²) in [6, 6.07) is 20.0. The van der Waals surface area contributed by atoms with E-state index in [1.54, 1.807) is 12.1 Å². The van der Waals surface area contributed by atoms with E-state index in [-0.39, 0.29) is 11.3 Å². The van der Waals surface area contributed by atoms with Crippen molar-refractivity contribution in [1.82, 2.24) is 10.2 Å². The lowest BCUT2D eigenvalue weighted by molar-refractivity contribution is -0.117. The van der Waals surface area contributed by atoms with Crippen molar-refractivity contribution in [2.24, 2.45) is 0 Å². The third-order valence-corrected chi connectivity index (χ3v) is 9.05. The molecule has 0 spiro atoms. The number of furan rings is 1. The van der Waals surface area contributed by atoms with Crippen LogP contribution in [0, 0.1) is 6.92 Å². The van der Waals surface area contributed by atoms with Gasteiger partial charge < -0.3 is 9.52 Å².